The van der Waals surface area contributed by atoms with Gasteiger partial charge in [-0.25, -0.2) is 0 Å². The first kappa shape index (κ1) is 19.8. The smallest absolute Gasteiger partial charge is 0.243 e. The first-order chi connectivity index (χ1) is 13.7. The van der Waals surface area contributed by atoms with Gasteiger partial charge in [-0.3, -0.25) is 4.79 Å². The van der Waals surface area contributed by atoms with E-state index in [1.807, 2.05) is 78.9 Å². The lowest BCUT2D eigenvalue weighted by Gasteiger charge is -2.11. The van der Waals surface area contributed by atoms with Crippen LogP contribution >= 0.6 is 15.9 Å². The Balaban J connectivity index is 1.38. The third-order valence-electron chi connectivity index (χ3n) is 3.82. The number of para-hydroxylation sites is 2. The van der Waals surface area contributed by atoms with E-state index in [0.717, 1.165) is 27.3 Å². The summed E-state index contributed by atoms with van der Waals surface area (Å²) < 4.78 is 12.1. The second-order valence-electron chi connectivity index (χ2n) is 5.92. The zero-order valence-corrected chi connectivity index (χ0v) is 16.8. The first-order valence-corrected chi connectivity index (χ1v) is 9.69. The van der Waals surface area contributed by atoms with E-state index >= 15 is 0 Å². The van der Waals surface area contributed by atoms with E-state index in [1.165, 1.54) is 0 Å². The summed E-state index contributed by atoms with van der Waals surface area (Å²) in [6.07, 6.45) is 0. The Morgan fingerprint density at radius 2 is 1.39 bits per heavy atom. The summed E-state index contributed by atoms with van der Waals surface area (Å²) in [5.74, 6) is 1.46. The molecule has 0 heterocycles. The van der Waals surface area contributed by atoms with Gasteiger partial charge >= 0.3 is 0 Å². The molecule has 0 aliphatic heterocycles. The summed E-state index contributed by atoms with van der Waals surface area (Å²) in [6.45, 7) is 1.10. The molecule has 0 aromatic heterocycles. The molecule has 144 valence electrons. The highest BCUT2D eigenvalue weighted by molar-refractivity contribution is 9.10. The average molecular weight is 441 g/mol. The molecule has 3 rings (SSSR count). The summed E-state index contributed by atoms with van der Waals surface area (Å²) in [5, 5.41) is 5.95. The van der Waals surface area contributed by atoms with Crippen molar-refractivity contribution in [2.45, 2.75) is 0 Å². The van der Waals surface area contributed by atoms with Crippen molar-refractivity contribution in [3.63, 3.8) is 0 Å². The molecule has 6 heteroatoms. The monoisotopic (exact) mass is 440 g/mol. The van der Waals surface area contributed by atoms with Gasteiger partial charge in [-0.15, -0.1) is 0 Å². The van der Waals surface area contributed by atoms with Gasteiger partial charge in [-0.1, -0.05) is 30.3 Å². The minimum Gasteiger partial charge on any atom is -0.490 e. The van der Waals surface area contributed by atoms with Gasteiger partial charge in [0.05, 0.1) is 12.2 Å². The fourth-order valence-electron chi connectivity index (χ4n) is 2.44. The van der Waals surface area contributed by atoms with Gasteiger partial charge in [-0.2, -0.15) is 0 Å². The zero-order valence-electron chi connectivity index (χ0n) is 15.2. The molecule has 0 bridgehead atoms. The van der Waals surface area contributed by atoms with Gasteiger partial charge in [0.1, 0.15) is 24.7 Å². The molecule has 5 nitrogen and oxygen atoms in total. The van der Waals surface area contributed by atoms with E-state index in [9.17, 15) is 4.79 Å². The lowest BCUT2D eigenvalue weighted by Crippen LogP contribution is -2.21. The highest BCUT2D eigenvalue weighted by Gasteiger charge is 2.05. The summed E-state index contributed by atoms with van der Waals surface area (Å²) >= 11 is 3.41. The molecule has 0 aliphatic carbocycles. The van der Waals surface area contributed by atoms with Crippen molar-refractivity contribution >= 4 is 33.2 Å². The molecule has 0 saturated carbocycles. The number of hydrogen-bond donors (Lipinski definition) is 2. The number of rotatable bonds is 9. The Bertz CT molecular complexity index is 886. The van der Waals surface area contributed by atoms with Crippen LogP contribution < -0.4 is 20.1 Å². The fraction of sp³-hybridized carbons (Fsp3) is 0.136. The molecular formula is C22H21BrN2O3. The molecule has 0 radical (unpaired) electrons. The van der Waals surface area contributed by atoms with E-state index in [1.54, 1.807) is 0 Å². The summed E-state index contributed by atoms with van der Waals surface area (Å²) in [4.78, 5) is 12.1. The van der Waals surface area contributed by atoms with Gasteiger partial charge in [0, 0.05) is 10.2 Å². The zero-order chi connectivity index (χ0) is 19.6. The van der Waals surface area contributed by atoms with Crippen LogP contribution in [0.5, 0.6) is 11.5 Å². The Morgan fingerprint density at radius 1 is 0.786 bits per heavy atom. The van der Waals surface area contributed by atoms with Crippen LogP contribution in [0.2, 0.25) is 0 Å². The molecule has 0 atom stereocenters. The minimum atomic E-state index is -0.120. The van der Waals surface area contributed by atoms with Crippen molar-refractivity contribution in [1.29, 1.82) is 0 Å². The summed E-state index contributed by atoms with van der Waals surface area (Å²) in [6, 6.07) is 24.6. The lowest BCUT2D eigenvalue weighted by atomic mass is 10.3. The Hall–Kier alpha value is -2.99. The second-order valence-corrected chi connectivity index (χ2v) is 6.77. The van der Waals surface area contributed by atoms with E-state index in [2.05, 4.69) is 26.6 Å². The van der Waals surface area contributed by atoms with Crippen LogP contribution in [0.15, 0.2) is 83.3 Å². The number of benzene rings is 3. The number of carbonyl (C=O) groups excluding carboxylic acids is 1. The van der Waals surface area contributed by atoms with Crippen molar-refractivity contribution in [3.05, 3.63) is 83.3 Å². The number of hydrogen-bond acceptors (Lipinski definition) is 4. The third kappa shape index (κ3) is 6.32. The standard InChI is InChI=1S/C22H21BrN2O3/c23-20-8-4-5-9-21(20)25-22(26)16-24-17-10-12-19(13-11-17)28-15-14-27-18-6-2-1-3-7-18/h1-13,24H,14-16H2,(H,25,26). The Kier molecular flexibility index (Phi) is 7.32. The predicted molar refractivity (Wildman–Crippen MR) is 115 cm³/mol. The molecule has 0 spiro atoms. The van der Waals surface area contributed by atoms with Crippen molar-refractivity contribution in [2.75, 3.05) is 30.4 Å². The van der Waals surface area contributed by atoms with Crippen LogP contribution in [0.4, 0.5) is 11.4 Å². The topological polar surface area (TPSA) is 59.6 Å². The largest absolute Gasteiger partial charge is 0.490 e. The van der Waals surface area contributed by atoms with Crippen molar-refractivity contribution in [3.8, 4) is 11.5 Å². The van der Waals surface area contributed by atoms with Gasteiger partial charge in [0.15, 0.2) is 0 Å². The van der Waals surface area contributed by atoms with Crippen LogP contribution in [0.1, 0.15) is 0 Å². The first-order valence-electron chi connectivity index (χ1n) is 8.90. The number of amides is 1. The minimum absolute atomic E-state index is 0.120. The molecule has 28 heavy (non-hydrogen) atoms. The molecule has 0 saturated heterocycles. The van der Waals surface area contributed by atoms with Crippen LogP contribution in [-0.4, -0.2) is 25.7 Å². The van der Waals surface area contributed by atoms with Crippen molar-refractivity contribution < 1.29 is 14.3 Å². The summed E-state index contributed by atoms with van der Waals surface area (Å²) in [5.41, 5.74) is 1.59. The molecule has 0 fully saturated rings. The maximum atomic E-state index is 12.1. The van der Waals surface area contributed by atoms with Gasteiger partial charge in [-0.05, 0) is 64.5 Å². The molecule has 3 aromatic carbocycles. The molecule has 1 amide bonds. The molecule has 0 unspecified atom stereocenters. The van der Waals surface area contributed by atoms with E-state index in [0.29, 0.717) is 13.2 Å². The van der Waals surface area contributed by atoms with Crippen molar-refractivity contribution in [1.82, 2.24) is 0 Å². The van der Waals surface area contributed by atoms with Gasteiger partial charge in [0.2, 0.25) is 5.91 Å². The van der Waals surface area contributed by atoms with E-state index in [-0.39, 0.29) is 12.5 Å². The maximum Gasteiger partial charge on any atom is 0.243 e. The number of nitrogens with one attached hydrogen (secondary N) is 2. The SMILES string of the molecule is O=C(CNc1ccc(OCCOc2ccccc2)cc1)Nc1ccccc1Br. The van der Waals surface area contributed by atoms with Crippen LogP contribution in [0.3, 0.4) is 0 Å². The number of anilines is 2. The lowest BCUT2D eigenvalue weighted by molar-refractivity contribution is -0.114. The Morgan fingerprint density at radius 3 is 2.07 bits per heavy atom. The molecular weight excluding hydrogens is 420 g/mol. The average Bonchev–Trinajstić information content (AvgIpc) is 2.73. The maximum absolute atomic E-state index is 12.1. The second kappa shape index (κ2) is 10.4. The molecule has 3 aromatic rings. The third-order valence-corrected chi connectivity index (χ3v) is 4.51. The van der Waals surface area contributed by atoms with Gasteiger partial charge in [0.25, 0.3) is 0 Å². The van der Waals surface area contributed by atoms with E-state index in [4.69, 9.17) is 9.47 Å². The molecule has 0 aliphatic rings. The quantitative estimate of drug-likeness (QED) is 0.461. The van der Waals surface area contributed by atoms with E-state index < -0.39 is 0 Å². The van der Waals surface area contributed by atoms with Crippen LogP contribution in [0, 0.1) is 0 Å². The predicted octanol–water partition coefficient (Wildman–Crippen LogP) is 4.96. The van der Waals surface area contributed by atoms with Crippen LogP contribution in [-0.2, 0) is 4.79 Å². The highest BCUT2D eigenvalue weighted by atomic mass is 79.9. The highest BCUT2D eigenvalue weighted by Crippen LogP contribution is 2.21. The number of halogens is 1. The van der Waals surface area contributed by atoms with Gasteiger partial charge < -0.3 is 20.1 Å². The normalized spacial score (nSPS) is 10.2. The number of ether oxygens (including phenoxy) is 2. The summed E-state index contributed by atoms with van der Waals surface area (Å²) in [7, 11) is 0. The molecule has 2 N–H and O–H groups in total. The fourth-order valence-corrected chi connectivity index (χ4v) is 2.83. The Labute approximate surface area is 172 Å². The van der Waals surface area contributed by atoms with Crippen molar-refractivity contribution in [2.24, 2.45) is 0 Å². The number of carbonyl (C=O) groups is 1. The van der Waals surface area contributed by atoms with Crippen LogP contribution in [0.25, 0.3) is 0 Å².